The average molecular weight is 208 g/mol. The van der Waals surface area contributed by atoms with E-state index in [1.807, 2.05) is 19.1 Å². The Morgan fingerprint density at radius 2 is 1.93 bits per heavy atom. The van der Waals surface area contributed by atoms with Crippen LogP contribution in [0.2, 0.25) is 0 Å². The molecule has 0 amide bonds. The second-order valence-corrected chi connectivity index (χ2v) is 3.91. The van der Waals surface area contributed by atoms with Gasteiger partial charge in [0, 0.05) is 6.42 Å². The fourth-order valence-corrected chi connectivity index (χ4v) is 1.48. The molecular weight excluding hydrogens is 192 g/mol. The molecule has 0 aliphatic carbocycles. The number of aryl methyl sites for hydroxylation is 1. The highest BCUT2D eigenvalue weighted by molar-refractivity contribution is 5.66. The summed E-state index contributed by atoms with van der Waals surface area (Å²) in [7, 11) is 0. The zero-order valence-corrected chi connectivity index (χ0v) is 8.81. The molecule has 3 nitrogen and oxygen atoms in total. The minimum absolute atomic E-state index is 0.191. The van der Waals surface area contributed by atoms with Gasteiger partial charge < -0.3 is 10.2 Å². The Bertz CT molecular complexity index is 316. The molecule has 0 radical (unpaired) electrons. The third-order valence-corrected chi connectivity index (χ3v) is 2.39. The summed E-state index contributed by atoms with van der Waals surface area (Å²) in [6.07, 6.45) is 1.93. The molecule has 0 aliphatic rings. The highest BCUT2D eigenvalue weighted by Gasteiger charge is 2.07. The first-order valence-electron chi connectivity index (χ1n) is 5.07. The van der Waals surface area contributed by atoms with Crippen LogP contribution in [0.25, 0.3) is 0 Å². The molecule has 1 atom stereocenters. The molecule has 82 valence electrons. The van der Waals surface area contributed by atoms with Gasteiger partial charge in [-0.2, -0.15) is 0 Å². The third kappa shape index (κ3) is 4.49. The first-order valence-corrected chi connectivity index (χ1v) is 5.07. The van der Waals surface area contributed by atoms with Crippen LogP contribution in [0.3, 0.4) is 0 Å². The van der Waals surface area contributed by atoms with Crippen molar-refractivity contribution in [2.24, 2.45) is 5.92 Å². The number of hydrogen-bond donors (Lipinski definition) is 2. The lowest BCUT2D eigenvalue weighted by atomic mass is 9.98. The number of carbonyl (C=O) groups is 1. The Kier molecular flexibility index (Phi) is 4.16. The van der Waals surface area contributed by atoms with Gasteiger partial charge in [-0.3, -0.25) is 4.79 Å². The van der Waals surface area contributed by atoms with E-state index in [0.717, 1.165) is 18.4 Å². The molecule has 0 aliphatic heterocycles. The number of rotatable bonds is 5. The van der Waals surface area contributed by atoms with Gasteiger partial charge in [0.2, 0.25) is 0 Å². The van der Waals surface area contributed by atoms with Gasteiger partial charge in [0.05, 0.1) is 0 Å². The number of benzene rings is 1. The molecule has 15 heavy (non-hydrogen) atoms. The largest absolute Gasteiger partial charge is 0.508 e. The zero-order valence-electron chi connectivity index (χ0n) is 8.81. The maximum atomic E-state index is 10.4. The van der Waals surface area contributed by atoms with E-state index in [-0.39, 0.29) is 18.1 Å². The number of carboxylic acids is 1. The van der Waals surface area contributed by atoms with Crippen LogP contribution >= 0.6 is 0 Å². The molecule has 3 heteroatoms. The van der Waals surface area contributed by atoms with Crippen molar-refractivity contribution in [1.29, 1.82) is 0 Å². The van der Waals surface area contributed by atoms with E-state index in [1.165, 1.54) is 0 Å². The quantitative estimate of drug-likeness (QED) is 0.781. The predicted octanol–water partition coefficient (Wildman–Crippen LogP) is 2.44. The van der Waals surface area contributed by atoms with Crippen LogP contribution in [0.5, 0.6) is 5.75 Å². The molecule has 0 bridgehead atoms. The van der Waals surface area contributed by atoms with E-state index in [1.54, 1.807) is 12.1 Å². The molecule has 1 unspecified atom stereocenters. The standard InChI is InChI=1S/C12H16O3/c1-9(8-12(14)15)2-3-10-4-6-11(13)7-5-10/h4-7,9,13H,2-3,8H2,1H3,(H,14,15). The van der Waals surface area contributed by atoms with Crippen molar-refractivity contribution in [1.82, 2.24) is 0 Å². The lowest BCUT2D eigenvalue weighted by molar-refractivity contribution is -0.138. The molecule has 0 aromatic heterocycles. The summed E-state index contributed by atoms with van der Waals surface area (Å²) < 4.78 is 0. The minimum atomic E-state index is -0.742. The summed E-state index contributed by atoms with van der Waals surface area (Å²) in [5.74, 6) is -0.290. The molecule has 0 spiro atoms. The molecule has 0 heterocycles. The SMILES string of the molecule is CC(CCc1ccc(O)cc1)CC(=O)O. The summed E-state index contributed by atoms with van der Waals surface area (Å²) in [6, 6.07) is 7.03. The van der Waals surface area contributed by atoms with Crippen LogP contribution in [-0.4, -0.2) is 16.2 Å². The Morgan fingerprint density at radius 3 is 2.47 bits per heavy atom. The van der Waals surface area contributed by atoms with E-state index in [4.69, 9.17) is 10.2 Å². The fourth-order valence-electron chi connectivity index (χ4n) is 1.48. The van der Waals surface area contributed by atoms with E-state index >= 15 is 0 Å². The number of carboxylic acid groups (broad SMARTS) is 1. The van der Waals surface area contributed by atoms with E-state index < -0.39 is 5.97 Å². The number of hydrogen-bond acceptors (Lipinski definition) is 2. The van der Waals surface area contributed by atoms with Crippen LogP contribution in [0.15, 0.2) is 24.3 Å². The summed E-state index contributed by atoms with van der Waals surface area (Å²) in [5.41, 5.74) is 1.13. The molecule has 1 aromatic carbocycles. The van der Waals surface area contributed by atoms with Gasteiger partial charge in [-0.05, 0) is 36.5 Å². The lowest BCUT2D eigenvalue weighted by Gasteiger charge is -2.08. The van der Waals surface area contributed by atoms with E-state index in [2.05, 4.69) is 0 Å². The van der Waals surface area contributed by atoms with Crippen LogP contribution in [0.1, 0.15) is 25.3 Å². The molecule has 0 saturated heterocycles. The number of phenolic OH excluding ortho intramolecular Hbond substituents is 1. The van der Waals surface area contributed by atoms with Crippen LogP contribution < -0.4 is 0 Å². The summed E-state index contributed by atoms with van der Waals surface area (Å²) in [4.78, 5) is 10.4. The van der Waals surface area contributed by atoms with Crippen molar-refractivity contribution in [3.63, 3.8) is 0 Å². The maximum Gasteiger partial charge on any atom is 0.303 e. The van der Waals surface area contributed by atoms with Gasteiger partial charge in [-0.1, -0.05) is 19.1 Å². The number of aromatic hydroxyl groups is 1. The first kappa shape index (κ1) is 11.6. The third-order valence-electron chi connectivity index (χ3n) is 2.39. The normalized spacial score (nSPS) is 12.3. The van der Waals surface area contributed by atoms with E-state index in [0.29, 0.717) is 0 Å². The van der Waals surface area contributed by atoms with Crippen molar-refractivity contribution in [3.8, 4) is 5.75 Å². The van der Waals surface area contributed by atoms with Gasteiger partial charge in [-0.25, -0.2) is 0 Å². The number of phenols is 1. The van der Waals surface area contributed by atoms with Crippen molar-refractivity contribution >= 4 is 5.97 Å². The summed E-state index contributed by atoms with van der Waals surface area (Å²) in [5, 5.41) is 17.7. The Morgan fingerprint density at radius 1 is 1.33 bits per heavy atom. The van der Waals surface area contributed by atoms with Crippen molar-refractivity contribution in [3.05, 3.63) is 29.8 Å². The van der Waals surface area contributed by atoms with Gasteiger partial charge in [0.15, 0.2) is 0 Å². The monoisotopic (exact) mass is 208 g/mol. The van der Waals surface area contributed by atoms with Gasteiger partial charge >= 0.3 is 5.97 Å². The highest BCUT2D eigenvalue weighted by atomic mass is 16.4. The Balaban J connectivity index is 2.36. The smallest absolute Gasteiger partial charge is 0.303 e. The van der Waals surface area contributed by atoms with Crippen molar-refractivity contribution in [2.45, 2.75) is 26.2 Å². The van der Waals surface area contributed by atoms with Crippen LogP contribution in [0.4, 0.5) is 0 Å². The molecule has 1 aromatic rings. The second kappa shape index (κ2) is 5.39. The lowest BCUT2D eigenvalue weighted by Crippen LogP contribution is -2.05. The summed E-state index contributed by atoms with van der Waals surface area (Å²) >= 11 is 0. The fraction of sp³-hybridized carbons (Fsp3) is 0.417. The van der Waals surface area contributed by atoms with Crippen LogP contribution in [-0.2, 0) is 11.2 Å². The van der Waals surface area contributed by atoms with Gasteiger partial charge in [0.25, 0.3) is 0 Å². The molecule has 0 saturated carbocycles. The van der Waals surface area contributed by atoms with Crippen molar-refractivity contribution < 1.29 is 15.0 Å². The first-order chi connectivity index (χ1) is 7.08. The maximum absolute atomic E-state index is 10.4. The topological polar surface area (TPSA) is 57.5 Å². The second-order valence-electron chi connectivity index (χ2n) is 3.91. The van der Waals surface area contributed by atoms with Crippen molar-refractivity contribution in [2.75, 3.05) is 0 Å². The zero-order chi connectivity index (χ0) is 11.3. The van der Waals surface area contributed by atoms with Gasteiger partial charge in [-0.15, -0.1) is 0 Å². The molecule has 2 N–H and O–H groups in total. The van der Waals surface area contributed by atoms with Crippen LogP contribution in [0, 0.1) is 5.92 Å². The van der Waals surface area contributed by atoms with Gasteiger partial charge in [0.1, 0.15) is 5.75 Å². The molecular formula is C12H16O3. The molecule has 0 fully saturated rings. The highest BCUT2D eigenvalue weighted by Crippen LogP contribution is 2.15. The Hall–Kier alpha value is -1.51. The predicted molar refractivity (Wildman–Crippen MR) is 57.8 cm³/mol. The minimum Gasteiger partial charge on any atom is -0.508 e. The average Bonchev–Trinajstić information content (AvgIpc) is 2.16. The number of aliphatic carboxylic acids is 1. The Labute approximate surface area is 89.4 Å². The van der Waals surface area contributed by atoms with E-state index in [9.17, 15) is 4.79 Å². The summed E-state index contributed by atoms with van der Waals surface area (Å²) in [6.45, 7) is 1.94. The molecule has 1 rings (SSSR count).